The van der Waals surface area contributed by atoms with Crippen molar-refractivity contribution < 1.29 is 9.59 Å². The van der Waals surface area contributed by atoms with E-state index in [9.17, 15) is 20.1 Å². The molecular weight excluding hydrogens is 328 g/mol. The van der Waals surface area contributed by atoms with Gasteiger partial charge in [0.25, 0.3) is 0 Å². The Balaban J connectivity index is 1.96. The van der Waals surface area contributed by atoms with Gasteiger partial charge in [0.2, 0.25) is 11.8 Å². The summed E-state index contributed by atoms with van der Waals surface area (Å²) < 4.78 is 0. The Labute approximate surface area is 149 Å². The molecule has 0 radical (unpaired) electrons. The fourth-order valence-corrected chi connectivity index (χ4v) is 5.21. The molecule has 124 valence electrons. The number of nitriles is 2. The van der Waals surface area contributed by atoms with Gasteiger partial charge in [0, 0.05) is 18.4 Å². The van der Waals surface area contributed by atoms with E-state index in [1.807, 2.05) is 0 Å². The number of fused-ring (bicyclic) bond motifs is 5. The molecule has 0 bridgehead atoms. The summed E-state index contributed by atoms with van der Waals surface area (Å²) in [5.74, 6) is -0.867. The zero-order valence-electron chi connectivity index (χ0n) is 13.8. The standard InChI is InChI=1S/C20H12N4O2/c1-24-15-9-5-3-7-13(15)20(17(24)26)18(10-21,11-22)19(20)12-6-2-4-8-14(12)23-16(19)25/h2-9H,1H3,(H,23,25)/t19-,20-/m1/s1. The van der Waals surface area contributed by atoms with E-state index in [1.165, 1.54) is 4.90 Å². The Morgan fingerprint density at radius 1 is 0.923 bits per heavy atom. The number of nitrogens with one attached hydrogen (secondary N) is 1. The molecule has 1 fully saturated rings. The predicted molar refractivity (Wildman–Crippen MR) is 91.9 cm³/mol. The lowest BCUT2D eigenvalue weighted by Gasteiger charge is -2.14. The van der Waals surface area contributed by atoms with Crippen molar-refractivity contribution in [3.05, 3.63) is 59.7 Å². The highest BCUT2D eigenvalue weighted by Crippen LogP contribution is 2.83. The largest absolute Gasteiger partial charge is 0.325 e. The first-order chi connectivity index (χ1) is 12.5. The van der Waals surface area contributed by atoms with Crippen LogP contribution in [-0.4, -0.2) is 18.9 Å². The average molecular weight is 340 g/mol. The summed E-state index contributed by atoms with van der Waals surface area (Å²) in [5, 5.41) is 22.9. The molecule has 2 amide bonds. The normalized spacial score (nSPS) is 29.1. The summed E-state index contributed by atoms with van der Waals surface area (Å²) in [6.45, 7) is 0. The van der Waals surface area contributed by atoms with E-state index in [2.05, 4.69) is 17.5 Å². The van der Waals surface area contributed by atoms with E-state index in [1.54, 1.807) is 55.6 Å². The first-order valence-corrected chi connectivity index (χ1v) is 8.15. The van der Waals surface area contributed by atoms with Crippen LogP contribution < -0.4 is 10.2 Å². The van der Waals surface area contributed by atoms with Crippen molar-refractivity contribution in [3.63, 3.8) is 0 Å². The lowest BCUT2D eigenvalue weighted by Crippen LogP contribution is -2.37. The molecule has 6 heteroatoms. The third-order valence-corrected chi connectivity index (χ3v) is 6.18. The third kappa shape index (κ3) is 1.05. The number of para-hydroxylation sites is 2. The molecule has 0 unspecified atom stereocenters. The Bertz CT molecular complexity index is 1110. The molecule has 5 rings (SSSR count). The number of rotatable bonds is 0. The van der Waals surface area contributed by atoms with Gasteiger partial charge in [-0.05, 0) is 23.3 Å². The lowest BCUT2D eigenvalue weighted by atomic mass is 9.83. The highest BCUT2D eigenvalue weighted by Gasteiger charge is 2.99. The van der Waals surface area contributed by atoms with Crippen LogP contribution in [0.15, 0.2) is 48.5 Å². The number of anilines is 2. The minimum absolute atomic E-state index is 0.395. The summed E-state index contributed by atoms with van der Waals surface area (Å²) in [5.41, 5.74) is -2.61. The van der Waals surface area contributed by atoms with Gasteiger partial charge in [0.15, 0.2) is 5.41 Å². The minimum Gasteiger partial charge on any atom is -0.325 e. The van der Waals surface area contributed by atoms with E-state index in [4.69, 9.17) is 0 Å². The summed E-state index contributed by atoms with van der Waals surface area (Å²) in [4.78, 5) is 28.1. The van der Waals surface area contributed by atoms with Gasteiger partial charge in [-0.15, -0.1) is 0 Å². The first kappa shape index (κ1) is 14.7. The van der Waals surface area contributed by atoms with Crippen LogP contribution in [0.1, 0.15) is 11.1 Å². The molecular formula is C20H12N4O2. The summed E-state index contributed by atoms with van der Waals surface area (Å²) >= 11 is 0. The maximum Gasteiger partial charge on any atom is 0.241 e. The highest BCUT2D eigenvalue weighted by molar-refractivity contribution is 6.26. The molecule has 0 saturated heterocycles. The Morgan fingerprint density at radius 3 is 2.23 bits per heavy atom. The average Bonchev–Trinajstić information content (AvgIpc) is 3.00. The second-order valence-electron chi connectivity index (χ2n) is 6.85. The second kappa shape index (κ2) is 4.12. The van der Waals surface area contributed by atoms with E-state index in [0.717, 1.165) is 0 Å². The number of likely N-dealkylation sites (N-methyl/N-ethyl adjacent to an activating group) is 1. The first-order valence-electron chi connectivity index (χ1n) is 8.15. The smallest absolute Gasteiger partial charge is 0.241 e. The van der Waals surface area contributed by atoms with Crippen LogP contribution >= 0.6 is 0 Å². The lowest BCUT2D eigenvalue weighted by molar-refractivity contribution is -0.124. The van der Waals surface area contributed by atoms with Crippen molar-refractivity contribution in [2.75, 3.05) is 17.3 Å². The molecule has 2 aromatic carbocycles. The highest BCUT2D eigenvalue weighted by atomic mass is 16.2. The summed E-state index contributed by atoms with van der Waals surface area (Å²) in [7, 11) is 1.61. The van der Waals surface area contributed by atoms with Crippen molar-refractivity contribution in [1.82, 2.24) is 0 Å². The van der Waals surface area contributed by atoms with Gasteiger partial charge in [0.1, 0.15) is 10.8 Å². The zero-order valence-corrected chi connectivity index (χ0v) is 13.8. The minimum atomic E-state index is -1.80. The van der Waals surface area contributed by atoms with Crippen molar-refractivity contribution >= 4 is 23.2 Å². The van der Waals surface area contributed by atoms with Gasteiger partial charge in [0.05, 0.1) is 12.1 Å². The summed E-state index contributed by atoms with van der Waals surface area (Å²) in [6, 6.07) is 18.2. The molecule has 2 aromatic rings. The van der Waals surface area contributed by atoms with Gasteiger partial charge in [-0.2, -0.15) is 10.5 Å². The van der Waals surface area contributed by atoms with Crippen molar-refractivity contribution in [2.45, 2.75) is 10.8 Å². The Morgan fingerprint density at radius 2 is 1.54 bits per heavy atom. The van der Waals surface area contributed by atoms with E-state index < -0.39 is 28.1 Å². The van der Waals surface area contributed by atoms with Crippen molar-refractivity contribution in [2.24, 2.45) is 5.41 Å². The molecule has 1 aliphatic carbocycles. The van der Waals surface area contributed by atoms with Crippen LogP contribution in [0.3, 0.4) is 0 Å². The number of hydrogen-bond donors (Lipinski definition) is 1. The molecule has 0 aromatic heterocycles. The number of carbonyl (C=O) groups is 2. The number of nitrogens with zero attached hydrogens (tertiary/aromatic N) is 3. The molecule has 2 atom stereocenters. The monoisotopic (exact) mass is 340 g/mol. The van der Waals surface area contributed by atoms with Gasteiger partial charge in [-0.25, -0.2) is 0 Å². The molecule has 2 spiro atoms. The fraction of sp³-hybridized carbons (Fsp3) is 0.200. The number of amides is 2. The molecule has 2 aliphatic heterocycles. The van der Waals surface area contributed by atoms with Crippen LogP contribution in [0.25, 0.3) is 0 Å². The Kier molecular flexibility index (Phi) is 2.33. The van der Waals surface area contributed by atoms with Crippen LogP contribution in [-0.2, 0) is 20.4 Å². The number of carbonyl (C=O) groups excluding carboxylic acids is 2. The zero-order chi connectivity index (χ0) is 18.3. The SMILES string of the molecule is CN1C(=O)[C@]2(c3ccccc31)C(C#N)(C#N)[C@@]21C(=O)Nc2ccccc21. The van der Waals surface area contributed by atoms with Crippen LogP contribution in [0.5, 0.6) is 0 Å². The van der Waals surface area contributed by atoms with E-state index in [0.29, 0.717) is 22.5 Å². The maximum atomic E-state index is 13.4. The molecule has 1 saturated carbocycles. The predicted octanol–water partition coefficient (Wildman–Crippen LogP) is 1.84. The van der Waals surface area contributed by atoms with Gasteiger partial charge < -0.3 is 10.2 Å². The second-order valence-corrected chi connectivity index (χ2v) is 6.85. The fourth-order valence-electron chi connectivity index (χ4n) is 5.21. The number of benzene rings is 2. The van der Waals surface area contributed by atoms with Crippen molar-refractivity contribution in [1.29, 1.82) is 10.5 Å². The van der Waals surface area contributed by atoms with Crippen LogP contribution in [0.2, 0.25) is 0 Å². The van der Waals surface area contributed by atoms with Crippen LogP contribution in [0.4, 0.5) is 11.4 Å². The van der Waals surface area contributed by atoms with E-state index >= 15 is 0 Å². The van der Waals surface area contributed by atoms with E-state index in [-0.39, 0.29) is 0 Å². The third-order valence-electron chi connectivity index (χ3n) is 6.18. The maximum absolute atomic E-state index is 13.4. The topological polar surface area (TPSA) is 97.0 Å². The number of hydrogen-bond acceptors (Lipinski definition) is 4. The molecule has 3 aliphatic rings. The molecule has 26 heavy (non-hydrogen) atoms. The molecule has 1 N–H and O–H groups in total. The van der Waals surface area contributed by atoms with Gasteiger partial charge in [-0.1, -0.05) is 36.4 Å². The molecule has 2 heterocycles. The summed E-state index contributed by atoms with van der Waals surface area (Å²) in [6.07, 6.45) is 0. The van der Waals surface area contributed by atoms with Gasteiger partial charge >= 0.3 is 0 Å². The van der Waals surface area contributed by atoms with Crippen LogP contribution in [0, 0.1) is 28.1 Å². The van der Waals surface area contributed by atoms with Crippen molar-refractivity contribution in [3.8, 4) is 12.1 Å². The quantitative estimate of drug-likeness (QED) is 0.791. The molecule has 6 nitrogen and oxygen atoms in total. The van der Waals surface area contributed by atoms with Gasteiger partial charge in [-0.3, -0.25) is 9.59 Å². The Hall–Kier alpha value is -3.64.